The summed E-state index contributed by atoms with van der Waals surface area (Å²) in [6.07, 6.45) is 1.33. The maximum atomic E-state index is 11.5. The first-order valence-corrected chi connectivity index (χ1v) is 5.43. The Balaban J connectivity index is 2.06. The Bertz CT molecular complexity index is 454. The Hall–Kier alpha value is -1.40. The Kier molecular flexibility index (Phi) is 2.98. The highest BCUT2D eigenvalue weighted by Crippen LogP contribution is 2.17. The van der Waals surface area contributed by atoms with Gasteiger partial charge in [0.15, 0.2) is 10.8 Å². The number of hydrogen-bond acceptors (Lipinski definition) is 5. The minimum Gasteiger partial charge on any atom is -0.364 e. The van der Waals surface area contributed by atoms with E-state index in [0.717, 1.165) is 5.69 Å². The van der Waals surface area contributed by atoms with Gasteiger partial charge in [-0.15, -0.1) is 22.9 Å². The smallest absolute Gasteiger partial charge is 0.279 e. The lowest BCUT2D eigenvalue weighted by molar-refractivity contribution is 0.101. The molecule has 15 heavy (non-hydrogen) atoms. The van der Waals surface area contributed by atoms with Crippen molar-refractivity contribution in [1.29, 1.82) is 0 Å². The van der Waals surface area contributed by atoms with Crippen LogP contribution in [0.5, 0.6) is 0 Å². The van der Waals surface area contributed by atoms with Gasteiger partial charge in [0.25, 0.3) is 5.91 Å². The van der Waals surface area contributed by atoms with Gasteiger partial charge in [-0.2, -0.15) is 0 Å². The normalized spacial score (nSPS) is 10.2. The molecule has 0 fully saturated rings. The SMILES string of the molecule is O=C(Nc1nc(CCl)cs1)c1ccon1. The number of amides is 1. The van der Waals surface area contributed by atoms with Gasteiger partial charge in [-0.25, -0.2) is 4.98 Å². The van der Waals surface area contributed by atoms with Crippen LogP contribution in [0.25, 0.3) is 0 Å². The van der Waals surface area contributed by atoms with Crippen LogP contribution in [0.4, 0.5) is 5.13 Å². The van der Waals surface area contributed by atoms with E-state index in [-0.39, 0.29) is 11.6 Å². The highest BCUT2D eigenvalue weighted by Gasteiger charge is 2.11. The molecule has 78 valence electrons. The molecule has 2 rings (SSSR count). The summed E-state index contributed by atoms with van der Waals surface area (Å²) in [4.78, 5) is 15.5. The van der Waals surface area contributed by atoms with Gasteiger partial charge < -0.3 is 4.52 Å². The minimum atomic E-state index is -0.348. The van der Waals surface area contributed by atoms with E-state index in [1.165, 1.54) is 23.7 Å². The van der Waals surface area contributed by atoms with E-state index in [9.17, 15) is 4.79 Å². The first-order valence-electron chi connectivity index (χ1n) is 4.01. The fraction of sp³-hybridized carbons (Fsp3) is 0.125. The van der Waals surface area contributed by atoms with E-state index in [4.69, 9.17) is 11.6 Å². The van der Waals surface area contributed by atoms with Gasteiger partial charge in [0.05, 0.1) is 11.6 Å². The summed E-state index contributed by atoms with van der Waals surface area (Å²) < 4.78 is 4.55. The van der Waals surface area contributed by atoms with E-state index in [1.54, 1.807) is 5.38 Å². The van der Waals surface area contributed by atoms with Crippen LogP contribution < -0.4 is 5.32 Å². The van der Waals surface area contributed by atoms with Gasteiger partial charge in [0.1, 0.15) is 6.26 Å². The standard InChI is InChI=1S/C8H6ClN3O2S/c9-3-5-4-15-8(10-5)11-7(13)6-1-2-14-12-6/h1-2,4H,3H2,(H,10,11,13). The van der Waals surface area contributed by atoms with Crippen LogP contribution in [0, 0.1) is 0 Å². The number of carbonyl (C=O) groups is 1. The highest BCUT2D eigenvalue weighted by molar-refractivity contribution is 7.14. The molecule has 0 bridgehead atoms. The summed E-state index contributed by atoms with van der Waals surface area (Å²) >= 11 is 6.89. The third-order valence-corrected chi connectivity index (χ3v) is 2.66. The minimum absolute atomic E-state index is 0.220. The zero-order valence-electron chi connectivity index (χ0n) is 7.44. The molecule has 7 heteroatoms. The number of alkyl halides is 1. The van der Waals surface area contributed by atoms with Crippen molar-refractivity contribution < 1.29 is 9.32 Å². The number of rotatable bonds is 3. The third-order valence-electron chi connectivity index (χ3n) is 1.58. The summed E-state index contributed by atoms with van der Waals surface area (Å²) in [6, 6.07) is 1.48. The van der Waals surface area contributed by atoms with Crippen LogP contribution in [0.2, 0.25) is 0 Å². The molecule has 0 aliphatic heterocycles. The molecule has 0 aromatic carbocycles. The fourth-order valence-corrected chi connectivity index (χ4v) is 1.85. The number of halogens is 1. The second-order valence-electron chi connectivity index (χ2n) is 2.62. The molecule has 0 radical (unpaired) electrons. The van der Waals surface area contributed by atoms with E-state index in [1.807, 2.05) is 0 Å². The van der Waals surface area contributed by atoms with Crippen LogP contribution in [0.3, 0.4) is 0 Å². The van der Waals surface area contributed by atoms with Crippen molar-refractivity contribution in [3.05, 3.63) is 29.1 Å². The van der Waals surface area contributed by atoms with Crippen molar-refractivity contribution in [2.45, 2.75) is 5.88 Å². The summed E-state index contributed by atoms with van der Waals surface area (Å²) in [5.74, 6) is -0.0182. The number of anilines is 1. The maximum Gasteiger partial charge on any atom is 0.279 e. The van der Waals surface area contributed by atoms with Gasteiger partial charge in [-0.1, -0.05) is 5.16 Å². The number of hydrogen-bond donors (Lipinski definition) is 1. The van der Waals surface area contributed by atoms with Gasteiger partial charge in [0, 0.05) is 11.4 Å². The van der Waals surface area contributed by atoms with E-state index in [0.29, 0.717) is 11.0 Å². The lowest BCUT2D eigenvalue weighted by Gasteiger charge is -1.95. The average Bonchev–Trinajstić information content (AvgIpc) is 2.87. The Morgan fingerprint density at radius 2 is 2.53 bits per heavy atom. The van der Waals surface area contributed by atoms with Crippen LogP contribution in [-0.2, 0) is 5.88 Å². The van der Waals surface area contributed by atoms with Gasteiger partial charge in [-0.3, -0.25) is 10.1 Å². The van der Waals surface area contributed by atoms with Crippen LogP contribution >= 0.6 is 22.9 Å². The summed E-state index contributed by atoms with van der Waals surface area (Å²) in [6.45, 7) is 0. The first-order chi connectivity index (χ1) is 7.29. The molecule has 0 saturated heterocycles. The monoisotopic (exact) mass is 243 g/mol. The largest absolute Gasteiger partial charge is 0.364 e. The second-order valence-corrected chi connectivity index (χ2v) is 3.74. The number of nitrogens with one attached hydrogen (secondary N) is 1. The third kappa shape index (κ3) is 2.34. The molecule has 2 heterocycles. The van der Waals surface area contributed by atoms with Gasteiger partial charge in [0.2, 0.25) is 0 Å². The van der Waals surface area contributed by atoms with Crippen LogP contribution in [0.1, 0.15) is 16.2 Å². The van der Waals surface area contributed by atoms with E-state index in [2.05, 4.69) is 20.0 Å². The molecule has 2 aromatic rings. The molecule has 5 nitrogen and oxygen atoms in total. The van der Waals surface area contributed by atoms with Crippen molar-refractivity contribution >= 4 is 34.0 Å². The fourth-order valence-electron chi connectivity index (χ4n) is 0.917. The molecule has 1 amide bonds. The Morgan fingerprint density at radius 3 is 3.13 bits per heavy atom. The molecule has 0 unspecified atom stereocenters. The molecular weight excluding hydrogens is 238 g/mol. The van der Waals surface area contributed by atoms with Crippen molar-refractivity contribution in [3.63, 3.8) is 0 Å². The average molecular weight is 244 g/mol. The van der Waals surface area contributed by atoms with Crippen molar-refractivity contribution in [1.82, 2.24) is 10.1 Å². The molecule has 0 saturated carbocycles. The van der Waals surface area contributed by atoms with Crippen molar-refractivity contribution in [2.75, 3.05) is 5.32 Å². The number of aromatic nitrogens is 2. The topological polar surface area (TPSA) is 68.0 Å². The van der Waals surface area contributed by atoms with Gasteiger partial charge >= 0.3 is 0 Å². The molecule has 2 aromatic heterocycles. The van der Waals surface area contributed by atoms with E-state index >= 15 is 0 Å². The first kappa shape index (κ1) is 10.1. The summed E-state index contributed by atoms with van der Waals surface area (Å²) in [7, 11) is 0. The summed E-state index contributed by atoms with van der Waals surface area (Å²) in [5.41, 5.74) is 0.953. The molecule has 0 aliphatic carbocycles. The van der Waals surface area contributed by atoms with Crippen molar-refractivity contribution in [3.8, 4) is 0 Å². The maximum absolute atomic E-state index is 11.5. The number of carbonyl (C=O) groups excluding carboxylic acids is 1. The Labute approximate surface area is 94.1 Å². The lowest BCUT2D eigenvalue weighted by Crippen LogP contribution is -2.11. The lowest BCUT2D eigenvalue weighted by atomic mass is 10.4. The van der Waals surface area contributed by atoms with Crippen LogP contribution in [-0.4, -0.2) is 16.0 Å². The van der Waals surface area contributed by atoms with E-state index < -0.39 is 0 Å². The second kappa shape index (κ2) is 4.41. The summed E-state index contributed by atoms with van der Waals surface area (Å²) in [5, 5.41) is 8.37. The quantitative estimate of drug-likeness (QED) is 0.839. The molecule has 0 atom stereocenters. The molecule has 0 spiro atoms. The zero-order valence-corrected chi connectivity index (χ0v) is 9.01. The number of nitrogens with zero attached hydrogens (tertiary/aromatic N) is 2. The molecule has 0 aliphatic rings. The predicted molar refractivity (Wildman–Crippen MR) is 56.1 cm³/mol. The Morgan fingerprint density at radius 1 is 1.67 bits per heavy atom. The van der Waals surface area contributed by atoms with Gasteiger partial charge in [-0.05, 0) is 0 Å². The molecular formula is C8H6ClN3O2S. The molecule has 1 N–H and O–H groups in total. The number of thiazole rings is 1. The zero-order chi connectivity index (χ0) is 10.7. The highest BCUT2D eigenvalue weighted by atomic mass is 35.5. The van der Waals surface area contributed by atoms with Crippen LogP contribution in [0.15, 0.2) is 22.2 Å². The van der Waals surface area contributed by atoms with Crippen molar-refractivity contribution in [2.24, 2.45) is 0 Å². The predicted octanol–water partition coefficient (Wildman–Crippen LogP) is 2.12.